The number of allylic oxidation sites excluding steroid dienone is 1. The Bertz CT molecular complexity index is 791. The molecule has 200 valence electrons. The van der Waals surface area contributed by atoms with E-state index in [9.17, 15) is 4.79 Å². The van der Waals surface area contributed by atoms with Crippen molar-refractivity contribution in [3.05, 3.63) is 11.6 Å². The predicted molar refractivity (Wildman–Crippen MR) is 147 cm³/mol. The zero-order valence-electron chi connectivity index (χ0n) is 24.4. The van der Waals surface area contributed by atoms with Gasteiger partial charge < -0.3 is 4.74 Å². The molecule has 0 radical (unpaired) electrons. The summed E-state index contributed by atoms with van der Waals surface area (Å²) in [6.45, 7) is 18.9. The van der Waals surface area contributed by atoms with Crippen LogP contribution in [-0.4, -0.2) is 12.1 Å². The lowest BCUT2D eigenvalue weighted by atomic mass is 9.43. The maximum Gasteiger partial charge on any atom is 0.302 e. The van der Waals surface area contributed by atoms with Crippen molar-refractivity contribution in [1.82, 2.24) is 0 Å². The number of fused-ring (bicyclic) bond motifs is 5. The van der Waals surface area contributed by atoms with Gasteiger partial charge >= 0.3 is 5.97 Å². The molecule has 0 spiro atoms. The molecule has 3 fully saturated rings. The lowest BCUT2D eigenvalue weighted by Gasteiger charge is -2.62. The van der Waals surface area contributed by atoms with Crippen LogP contribution in [0.4, 0.5) is 0 Å². The summed E-state index contributed by atoms with van der Waals surface area (Å²) < 4.78 is 6.01. The van der Waals surface area contributed by atoms with Crippen LogP contribution < -0.4 is 0 Å². The zero-order chi connectivity index (χ0) is 25.6. The van der Waals surface area contributed by atoms with Gasteiger partial charge in [0.05, 0.1) is 0 Å². The second-order valence-corrected chi connectivity index (χ2v) is 14.2. The number of rotatable bonds is 8. The van der Waals surface area contributed by atoms with Gasteiger partial charge in [-0.25, -0.2) is 0 Å². The quantitative estimate of drug-likeness (QED) is 0.253. The molecule has 0 N–H and O–H groups in total. The third kappa shape index (κ3) is 4.46. The Balaban J connectivity index is 1.58. The molecule has 0 bridgehead atoms. The zero-order valence-corrected chi connectivity index (χ0v) is 24.4. The van der Waals surface area contributed by atoms with E-state index in [0.717, 1.165) is 54.8 Å². The minimum atomic E-state index is -0.105. The van der Waals surface area contributed by atoms with Crippen LogP contribution in [0.1, 0.15) is 132 Å². The molecule has 35 heavy (non-hydrogen) atoms. The SMILES string of the molecule is CCC1(CC)C2=CC[C@H]3[C@@H]4CC[C@H]([C@H](C)CCCC(C)C)[C@@]4(C)CC[C@@H]3[C@@]2(C)CC[C@@H]1OC(C)=O. The third-order valence-electron chi connectivity index (χ3n) is 12.3. The van der Waals surface area contributed by atoms with E-state index in [2.05, 4.69) is 54.5 Å². The molecule has 0 unspecified atom stereocenters. The van der Waals surface area contributed by atoms with Gasteiger partial charge in [-0.15, -0.1) is 0 Å². The third-order valence-corrected chi connectivity index (χ3v) is 12.3. The molecule has 2 heteroatoms. The van der Waals surface area contributed by atoms with Gasteiger partial charge in [0.25, 0.3) is 0 Å². The number of ether oxygens (including phenoxy) is 1. The molecule has 4 aliphatic rings. The summed E-state index contributed by atoms with van der Waals surface area (Å²) in [6.07, 6.45) is 18.4. The van der Waals surface area contributed by atoms with Gasteiger partial charge in [-0.3, -0.25) is 4.79 Å². The Labute approximate surface area is 217 Å². The van der Waals surface area contributed by atoms with E-state index >= 15 is 0 Å². The molecule has 0 amide bonds. The van der Waals surface area contributed by atoms with Crippen LogP contribution in [0.25, 0.3) is 0 Å². The summed E-state index contributed by atoms with van der Waals surface area (Å²) in [6, 6.07) is 0. The molecule has 0 aromatic rings. The monoisotopic (exact) mass is 484 g/mol. The number of esters is 1. The highest BCUT2D eigenvalue weighted by atomic mass is 16.5. The summed E-state index contributed by atoms with van der Waals surface area (Å²) in [5, 5.41) is 0. The highest BCUT2D eigenvalue weighted by Crippen LogP contribution is 2.70. The summed E-state index contributed by atoms with van der Waals surface area (Å²) >= 11 is 0. The summed E-state index contributed by atoms with van der Waals surface area (Å²) in [4.78, 5) is 12.0. The van der Waals surface area contributed by atoms with Gasteiger partial charge in [0.2, 0.25) is 0 Å². The van der Waals surface area contributed by atoms with Crippen molar-refractivity contribution in [2.24, 2.45) is 51.8 Å². The van der Waals surface area contributed by atoms with Crippen LogP contribution in [0, 0.1) is 51.8 Å². The lowest BCUT2D eigenvalue weighted by molar-refractivity contribution is -0.160. The van der Waals surface area contributed by atoms with Crippen molar-refractivity contribution in [1.29, 1.82) is 0 Å². The first-order valence-corrected chi connectivity index (χ1v) is 15.4. The molecule has 4 aliphatic carbocycles. The van der Waals surface area contributed by atoms with Crippen LogP contribution in [-0.2, 0) is 9.53 Å². The van der Waals surface area contributed by atoms with E-state index in [4.69, 9.17) is 4.74 Å². The fourth-order valence-corrected chi connectivity index (χ4v) is 10.5. The van der Waals surface area contributed by atoms with E-state index in [1.54, 1.807) is 12.5 Å². The smallest absolute Gasteiger partial charge is 0.302 e. The van der Waals surface area contributed by atoms with Crippen molar-refractivity contribution < 1.29 is 9.53 Å². The molecule has 0 saturated heterocycles. The standard InChI is InChI=1S/C33H56O2/c1-9-33(10-2)29-17-14-25-27-16-15-26(23(5)13-11-12-22(3)4)31(27,7)20-18-28(25)32(29,8)21-19-30(33)35-24(6)34/h17,22-23,25-28,30H,9-16,18-21H2,1-8H3/t23-,25+,26-,27+,28+,30+,31-,32-/m1/s1. The molecule has 3 saturated carbocycles. The Morgan fingerprint density at radius 2 is 1.71 bits per heavy atom. The second-order valence-electron chi connectivity index (χ2n) is 14.2. The first-order valence-electron chi connectivity index (χ1n) is 15.4. The van der Waals surface area contributed by atoms with Crippen LogP contribution >= 0.6 is 0 Å². The Kier molecular flexibility index (Phi) is 7.92. The first-order chi connectivity index (χ1) is 16.5. The summed E-state index contributed by atoms with van der Waals surface area (Å²) in [5.41, 5.74) is 2.54. The van der Waals surface area contributed by atoms with Crippen LogP contribution in [0.3, 0.4) is 0 Å². The number of hydrogen-bond donors (Lipinski definition) is 0. The molecule has 2 nitrogen and oxygen atoms in total. The molecule has 8 atom stereocenters. The van der Waals surface area contributed by atoms with Gasteiger partial charge in [-0.2, -0.15) is 0 Å². The van der Waals surface area contributed by atoms with E-state index in [0.29, 0.717) is 5.41 Å². The van der Waals surface area contributed by atoms with Gasteiger partial charge in [-0.1, -0.05) is 79.4 Å². The molecule has 0 aliphatic heterocycles. The number of hydrogen-bond acceptors (Lipinski definition) is 2. The number of carbonyl (C=O) groups excluding carboxylic acids is 1. The number of carbonyl (C=O) groups is 1. The minimum Gasteiger partial charge on any atom is -0.462 e. The maximum atomic E-state index is 12.0. The van der Waals surface area contributed by atoms with Crippen molar-refractivity contribution in [3.8, 4) is 0 Å². The van der Waals surface area contributed by atoms with Gasteiger partial charge in [-0.05, 0) is 104 Å². The summed E-state index contributed by atoms with van der Waals surface area (Å²) in [7, 11) is 0. The van der Waals surface area contributed by atoms with Crippen molar-refractivity contribution in [2.75, 3.05) is 0 Å². The van der Waals surface area contributed by atoms with Crippen molar-refractivity contribution in [2.45, 2.75) is 139 Å². The highest BCUT2D eigenvalue weighted by molar-refractivity contribution is 5.66. The molecule has 0 aromatic carbocycles. The normalized spacial score (nSPS) is 40.9. The van der Waals surface area contributed by atoms with E-state index < -0.39 is 0 Å². The lowest BCUT2D eigenvalue weighted by Crippen LogP contribution is -2.56. The van der Waals surface area contributed by atoms with Crippen molar-refractivity contribution >= 4 is 5.97 Å². The van der Waals surface area contributed by atoms with E-state index in [1.807, 2.05) is 0 Å². The maximum absolute atomic E-state index is 12.0. The van der Waals surface area contributed by atoms with Crippen LogP contribution in [0.5, 0.6) is 0 Å². The van der Waals surface area contributed by atoms with E-state index in [1.165, 1.54) is 57.8 Å². The average Bonchev–Trinajstić information content (AvgIpc) is 3.16. The largest absolute Gasteiger partial charge is 0.462 e. The highest BCUT2D eigenvalue weighted by Gasteiger charge is 2.62. The Morgan fingerprint density at radius 1 is 1.00 bits per heavy atom. The average molecular weight is 485 g/mol. The predicted octanol–water partition coefficient (Wildman–Crippen LogP) is 9.38. The molecular formula is C33H56O2. The topological polar surface area (TPSA) is 26.3 Å². The van der Waals surface area contributed by atoms with Gasteiger partial charge in [0, 0.05) is 12.3 Å². The van der Waals surface area contributed by atoms with Crippen molar-refractivity contribution in [3.63, 3.8) is 0 Å². The van der Waals surface area contributed by atoms with Gasteiger partial charge in [0.15, 0.2) is 0 Å². The molecule has 4 rings (SSSR count). The van der Waals surface area contributed by atoms with Gasteiger partial charge in [0.1, 0.15) is 6.10 Å². The molecule has 0 heterocycles. The second kappa shape index (κ2) is 10.2. The summed E-state index contributed by atoms with van der Waals surface area (Å²) in [5.74, 6) is 5.09. The van der Waals surface area contributed by atoms with E-state index in [-0.39, 0.29) is 22.9 Å². The first kappa shape index (κ1) is 27.3. The van der Waals surface area contributed by atoms with Crippen LogP contribution in [0.2, 0.25) is 0 Å². The fraction of sp³-hybridized carbons (Fsp3) is 0.909. The molecular weight excluding hydrogens is 428 g/mol. The van der Waals surface area contributed by atoms with Crippen LogP contribution in [0.15, 0.2) is 11.6 Å². The Morgan fingerprint density at radius 3 is 2.34 bits per heavy atom. The minimum absolute atomic E-state index is 0.0352. The Hall–Kier alpha value is -0.790. The molecule has 0 aromatic heterocycles. The fourth-order valence-electron chi connectivity index (χ4n) is 10.5.